The first kappa shape index (κ1) is 21.0. The number of anilines is 2. The Morgan fingerprint density at radius 1 is 0.806 bits per heavy atom. The van der Waals surface area contributed by atoms with Crippen molar-refractivity contribution in [3.05, 3.63) is 85.0 Å². The number of benzene rings is 2. The number of amides is 2. The van der Waals surface area contributed by atoms with Crippen molar-refractivity contribution in [3.63, 3.8) is 0 Å². The first-order chi connectivity index (χ1) is 15.1. The van der Waals surface area contributed by atoms with Crippen LogP contribution in [0.4, 0.5) is 11.4 Å². The molecule has 2 aliphatic rings. The lowest BCUT2D eigenvalue weighted by Gasteiger charge is -2.24. The van der Waals surface area contributed by atoms with E-state index in [1.807, 2.05) is 48.5 Å². The molecule has 2 amide bonds. The Morgan fingerprint density at radius 3 is 1.45 bits per heavy atom. The first-order valence-corrected chi connectivity index (χ1v) is 10.0. The molecule has 2 saturated heterocycles. The van der Waals surface area contributed by atoms with Gasteiger partial charge in [-0.25, -0.2) is 0 Å². The van der Waals surface area contributed by atoms with E-state index < -0.39 is 0 Å². The third kappa shape index (κ3) is 5.46. The van der Waals surface area contributed by atoms with Crippen molar-refractivity contribution in [3.8, 4) is 0 Å². The standard InChI is InChI=1S/C24H24N2O5/c1-3-21(27)25-17-9-5-15(6-10-17)23(19-13-29-19)31-24(20-14-30-20)16-7-11-18(12-8-16)26-22(28)4-2/h3-12,19-20,23-24H,1-2,13-14H2,(H,25,27)(H,26,28). The maximum Gasteiger partial charge on any atom is 0.247 e. The van der Waals surface area contributed by atoms with Crippen molar-refractivity contribution in [2.24, 2.45) is 0 Å². The number of carbonyl (C=O) groups is 2. The number of rotatable bonds is 10. The van der Waals surface area contributed by atoms with E-state index in [0.29, 0.717) is 24.6 Å². The summed E-state index contributed by atoms with van der Waals surface area (Å²) in [5.74, 6) is -0.519. The zero-order valence-corrected chi connectivity index (χ0v) is 17.0. The number of hydrogen-bond acceptors (Lipinski definition) is 5. The minimum Gasteiger partial charge on any atom is -0.370 e. The molecular formula is C24H24N2O5. The third-order valence-corrected chi connectivity index (χ3v) is 5.07. The lowest BCUT2D eigenvalue weighted by Crippen LogP contribution is -2.19. The van der Waals surface area contributed by atoms with Crippen molar-refractivity contribution in [1.82, 2.24) is 0 Å². The number of hydrogen-bond donors (Lipinski definition) is 2. The Bertz CT molecular complexity index is 883. The second kappa shape index (κ2) is 9.26. The molecule has 0 radical (unpaired) electrons. The summed E-state index contributed by atoms with van der Waals surface area (Å²) in [6, 6.07) is 15.0. The summed E-state index contributed by atoms with van der Waals surface area (Å²) in [4.78, 5) is 23.0. The fraction of sp³-hybridized carbons (Fsp3) is 0.250. The SMILES string of the molecule is C=CC(=O)Nc1ccc(C(OC(c2ccc(NC(=O)C=C)cc2)C2CO2)C2CO2)cc1. The Morgan fingerprint density at radius 2 is 1.16 bits per heavy atom. The van der Waals surface area contributed by atoms with Gasteiger partial charge in [0.1, 0.15) is 24.4 Å². The van der Waals surface area contributed by atoms with Crippen LogP contribution in [0.15, 0.2) is 73.8 Å². The average molecular weight is 420 g/mol. The van der Waals surface area contributed by atoms with Gasteiger partial charge in [0.25, 0.3) is 0 Å². The highest BCUT2D eigenvalue weighted by Crippen LogP contribution is 2.40. The Labute approximate surface area is 180 Å². The van der Waals surface area contributed by atoms with Crippen LogP contribution in [0, 0.1) is 0 Å². The monoisotopic (exact) mass is 420 g/mol. The van der Waals surface area contributed by atoms with Crippen molar-refractivity contribution >= 4 is 23.2 Å². The molecule has 2 aliphatic heterocycles. The summed E-state index contributed by atoms with van der Waals surface area (Å²) >= 11 is 0. The van der Waals surface area contributed by atoms with Crippen LogP contribution in [0.1, 0.15) is 23.3 Å². The van der Waals surface area contributed by atoms with Gasteiger partial charge in [-0.15, -0.1) is 0 Å². The highest BCUT2D eigenvalue weighted by molar-refractivity contribution is 5.99. The highest BCUT2D eigenvalue weighted by Gasteiger charge is 2.42. The molecule has 2 aromatic carbocycles. The van der Waals surface area contributed by atoms with Crippen LogP contribution in [-0.4, -0.2) is 37.2 Å². The summed E-state index contributed by atoms with van der Waals surface area (Å²) in [5.41, 5.74) is 3.28. The number of carbonyl (C=O) groups excluding carboxylic acids is 2. The van der Waals surface area contributed by atoms with Gasteiger partial charge in [0.05, 0.1) is 13.2 Å². The Hall–Kier alpha value is -3.26. The van der Waals surface area contributed by atoms with Crippen LogP contribution < -0.4 is 10.6 Å². The predicted octanol–water partition coefficient (Wildman–Crippen LogP) is 3.53. The maximum absolute atomic E-state index is 11.5. The second-order valence-corrected chi connectivity index (χ2v) is 7.35. The van der Waals surface area contributed by atoms with Gasteiger partial charge in [0.2, 0.25) is 11.8 Å². The average Bonchev–Trinajstić information content (AvgIpc) is 3.70. The molecule has 7 heteroatoms. The lowest BCUT2D eigenvalue weighted by atomic mass is 10.0. The number of nitrogens with one attached hydrogen (secondary N) is 2. The summed E-state index contributed by atoms with van der Waals surface area (Å²) < 4.78 is 17.6. The van der Waals surface area contributed by atoms with E-state index in [0.717, 1.165) is 11.1 Å². The highest BCUT2D eigenvalue weighted by atomic mass is 16.6. The molecule has 0 spiro atoms. The fourth-order valence-corrected chi connectivity index (χ4v) is 3.28. The van der Waals surface area contributed by atoms with E-state index in [2.05, 4.69) is 23.8 Å². The van der Waals surface area contributed by atoms with Crippen LogP contribution in [0.25, 0.3) is 0 Å². The maximum atomic E-state index is 11.5. The van der Waals surface area contributed by atoms with Crippen LogP contribution in [0.2, 0.25) is 0 Å². The predicted molar refractivity (Wildman–Crippen MR) is 117 cm³/mol. The topological polar surface area (TPSA) is 92.5 Å². The van der Waals surface area contributed by atoms with Crippen molar-refractivity contribution in [1.29, 1.82) is 0 Å². The van der Waals surface area contributed by atoms with Gasteiger partial charge in [-0.1, -0.05) is 37.4 Å². The molecule has 4 unspecified atom stereocenters. The molecule has 0 aliphatic carbocycles. The summed E-state index contributed by atoms with van der Waals surface area (Å²) in [7, 11) is 0. The van der Waals surface area contributed by atoms with Gasteiger partial charge in [0.15, 0.2) is 0 Å². The van der Waals surface area contributed by atoms with E-state index in [9.17, 15) is 9.59 Å². The van der Waals surface area contributed by atoms with Crippen LogP contribution in [-0.2, 0) is 23.8 Å². The second-order valence-electron chi connectivity index (χ2n) is 7.35. The zero-order valence-electron chi connectivity index (χ0n) is 17.0. The quantitative estimate of drug-likeness (QED) is 0.453. The van der Waals surface area contributed by atoms with Gasteiger partial charge in [-0.05, 0) is 47.5 Å². The van der Waals surface area contributed by atoms with Gasteiger partial charge in [-0.2, -0.15) is 0 Å². The molecule has 7 nitrogen and oxygen atoms in total. The normalized spacial score (nSPS) is 20.8. The largest absolute Gasteiger partial charge is 0.370 e. The molecule has 4 rings (SSSR count). The molecule has 2 heterocycles. The number of epoxide rings is 2. The van der Waals surface area contributed by atoms with Gasteiger partial charge < -0.3 is 24.8 Å². The Balaban J connectivity index is 1.49. The minimum absolute atomic E-state index is 0.0268. The minimum atomic E-state index is -0.265. The smallest absolute Gasteiger partial charge is 0.247 e. The Kier molecular flexibility index (Phi) is 6.27. The molecule has 0 bridgehead atoms. The van der Waals surface area contributed by atoms with Crippen LogP contribution in [0.5, 0.6) is 0 Å². The fourth-order valence-electron chi connectivity index (χ4n) is 3.28. The van der Waals surface area contributed by atoms with Crippen LogP contribution in [0.3, 0.4) is 0 Å². The molecule has 160 valence electrons. The third-order valence-electron chi connectivity index (χ3n) is 5.07. The molecule has 0 aromatic heterocycles. The lowest BCUT2D eigenvalue weighted by molar-refractivity contribution is -0.112. The van der Waals surface area contributed by atoms with Crippen molar-refractivity contribution in [2.45, 2.75) is 24.4 Å². The van der Waals surface area contributed by atoms with E-state index in [-0.39, 0.29) is 36.2 Å². The van der Waals surface area contributed by atoms with E-state index >= 15 is 0 Å². The van der Waals surface area contributed by atoms with E-state index in [4.69, 9.17) is 14.2 Å². The molecule has 2 fully saturated rings. The molecule has 31 heavy (non-hydrogen) atoms. The van der Waals surface area contributed by atoms with Gasteiger partial charge in [-0.3, -0.25) is 9.59 Å². The molecule has 0 saturated carbocycles. The van der Waals surface area contributed by atoms with Crippen molar-refractivity contribution < 1.29 is 23.8 Å². The zero-order chi connectivity index (χ0) is 21.8. The molecule has 4 atom stereocenters. The van der Waals surface area contributed by atoms with Gasteiger partial charge in [0, 0.05) is 11.4 Å². The molecular weight excluding hydrogens is 396 g/mol. The van der Waals surface area contributed by atoms with Crippen LogP contribution >= 0.6 is 0 Å². The summed E-state index contributed by atoms with van der Waals surface area (Å²) in [5, 5.41) is 5.47. The molecule has 2 N–H and O–H groups in total. The summed E-state index contributed by atoms with van der Waals surface area (Å²) in [6.45, 7) is 8.17. The molecule has 2 aromatic rings. The van der Waals surface area contributed by atoms with E-state index in [1.165, 1.54) is 12.2 Å². The van der Waals surface area contributed by atoms with Crippen molar-refractivity contribution in [2.75, 3.05) is 23.8 Å². The first-order valence-electron chi connectivity index (χ1n) is 10.0. The summed E-state index contributed by atoms with van der Waals surface area (Å²) in [6.07, 6.45) is 1.87. The van der Waals surface area contributed by atoms with E-state index in [1.54, 1.807) is 0 Å². The number of ether oxygens (including phenoxy) is 3. The van der Waals surface area contributed by atoms with Gasteiger partial charge >= 0.3 is 0 Å².